The van der Waals surface area contributed by atoms with Gasteiger partial charge in [0.2, 0.25) is 21.8 Å². The number of hydrogen-bond acceptors (Lipinski definition) is 11. The Morgan fingerprint density at radius 1 is 0.717 bits per heavy atom. The molecule has 5 N–H and O–H groups in total. The van der Waals surface area contributed by atoms with Crippen molar-refractivity contribution in [2.75, 3.05) is 58.6 Å². The van der Waals surface area contributed by atoms with Gasteiger partial charge < -0.3 is 44.7 Å². The van der Waals surface area contributed by atoms with E-state index in [1.54, 1.807) is 25.8 Å². The number of ether oxygens (including phenoxy) is 2. The number of carbonyl (C=O) groups is 2. The summed E-state index contributed by atoms with van der Waals surface area (Å²) >= 11 is 0. The summed E-state index contributed by atoms with van der Waals surface area (Å²) in [5, 5.41) is 19.4. The average molecular weight is 857 g/mol. The highest BCUT2D eigenvalue weighted by molar-refractivity contribution is 7.88. The van der Waals surface area contributed by atoms with Crippen LogP contribution >= 0.6 is 0 Å². The molecule has 328 valence electrons. The molecule has 0 bridgehead atoms. The summed E-state index contributed by atoms with van der Waals surface area (Å²) in [6, 6.07) is 7.91. The minimum atomic E-state index is -3.50. The minimum absolute atomic E-state index is 0.0327. The smallest absolute Gasteiger partial charge is 0.376 e. The number of fused-ring (bicyclic) bond motifs is 2. The molecule has 2 atom stereocenters. The second-order valence-corrected chi connectivity index (χ2v) is 19.7. The first-order valence-electron chi connectivity index (χ1n) is 21.5. The van der Waals surface area contributed by atoms with E-state index in [1.807, 2.05) is 19.4 Å². The monoisotopic (exact) mass is 856 g/mol. The zero-order valence-electron chi connectivity index (χ0n) is 35.0. The SMILES string of the molecule is CB(O)N1CCC(C(=O)N2CCC3(CC2)CC(N)c2cc(F)ccc2O3)CC1.CB(O)N1CCC(C(=O)N2CCC3(CC2)CC(NS(C)(=O)=O)c2cc(F)ccc2O3)CC1. The van der Waals surface area contributed by atoms with Crippen LogP contribution in [0, 0.1) is 23.5 Å². The number of halogens is 2. The number of nitrogens with two attached hydrogens (primary N) is 1. The standard InChI is InChI=1S/C21H31BFN3O5S.C20H29BFN3O3/c1-22(28)26-9-5-15(6-10-26)20(27)25-11-7-21(8-12-25)14-18(24-32(2,29)30)17-13-16(23)3-4-19(17)31-21;1-21(27)25-8-4-14(5-9-25)19(26)24-10-6-20(7-11-24)13-17(23)16-12-15(22)2-3-18(16)28-20/h3-4,13,15,18,24,28H,5-12,14H2,1-2H3;2-3,12,14,17,27H,4-11,13,23H2,1H3. The lowest BCUT2D eigenvalue weighted by Gasteiger charge is -2.47. The average Bonchev–Trinajstić information content (AvgIpc) is 3.21. The van der Waals surface area contributed by atoms with Gasteiger partial charge in [0.25, 0.3) is 0 Å². The van der Waals surface area contributed by atoms with E-state index in [2.05, 4.69) is 4.72 Å². The zero-order chi connectivity index (χ0) is 43.0. The lowest BCUT2D eigenvalue weighted by atomic mass is 9.79. The fraction of sp³-hybridized carbons (Fsp3) is 0.659. The summed E-state index contributed by atoms with van der Waals surface area (Å²) in [7, 11) is -4.44. The molecule has 2 aromatic rings. The number of nitrogens with one attached hydrogen (secondary N) is 1. The fourth-order valence-corrected chi connectivity index (χ4v) is 10.9. The highest BCUT2D eigenvalue weighted by Gasteiger charge is 2.47. The second-order valence-electron chi connectivity index (χ2n) is 17.9. The van der Waals surface area contributed by atoms with E-state index in [0.29, 0.717) is 82.0 Å². The number of carbonyl (C=O) groups excluding carboxylic acids is 2. The highest BCUT2D eigenvalue weighted by Crippen LogP contribution is 2.46. The molecule has 0 aromatic heterocycles. The van der Waals surface area contributed by atoms with Gasteiger partial charge in [0.05, 0.1) is 12.3 Å². The summed E-state index contributed by atoms with van der Waals surface area (Å²) in [6.45, 7) is 8.87. The van der Waals surface area contributed by atoms with Crippen molar-refractivity contribution in [3.8, 4) is 11.5 Å². The Balaban J connectivity index is 0.000000183. The van der Waals surface area contributed by atoms with Gasteiger partial charge in [0.15, 0.2) is 0 Å². The first-order valence-corrected chi connectivity index (χ1v) is 23.4. The van der Waals surface area contributed by atoms with Gasteiger partial charge in [-0.05, 0) is 102 Å². The molecule has 4 fully saturated rings. The van der Waals surface area contributed by atoms with E-state index in [1.165, 1.54) is 24.3 Å². The van der Waals surface area contributed by atoms with Crippen LogP contribution in [0.25, 0.3) is 0 Å². The van der Waals surface area contributed by atoms with Crippen molar-refractivity contribution in [3.05, 3.63) is 59.2 Å². The predicted molar refractivity (Wildman–Crippen MR) is 224 cm³/mol. The maximum absolute atomic E-state index is 13.8. The molecule has 2 aromatic carbocycles. The lowest BCUT2D eigenvalue weighted by Crippen LogP contribution is -2.55. The molecule has 2 amide bonds. The Hall–Kier alpha value is -3.32. The first-order chi connectivity index (χ1) is 28.4. The van der Waals surface area contributed by atoms with Crippen molar-refractivity contribution in [1.29, 1.82) is 0 Å². The van der Waals surface area contributed by atoms with Crippen molar-refractivity contribution in [2.45, 2.75) is 101 Å². The van der Waals surface area contributed by atoms with E-state index in [4.69, 9.17) is 15.2 Å². The van der Waals surface area contributed by atoms with Crippen LogP contribution in [0.5, 0.6) is 11.5 Å². The number of likely N-dealkylation sites (tertiary alicyclic amines) is 2. The number of amides is 2. The van der Waals surface area contributed by atoms with Crippen molar-refractivity contribution in [3.63, 3.8) is 0 Å². The summed E-state index contributed by atoms with van der Waals surface area (Å²) in [4.78, 5) is 33.8. The fourth-order valence-electron chi connectivity index (χ4n) is 10.1. The van der Waals surface area contributed by atoms with Crippen molar-refractivity contribution in [1.82, 2.24) is 24.1 Å². The Kier molecular flexibility index (Phi) is 13.6. The number of sulfonamides is 1. The molecule has 14 nitrogen and oxygen atoms in total. The van der Waals surface area contributed by atoms with Gasteiger partial charge in [-0.3, -0.25) is 9.59 Å². The van der Waals surface area contributed by atoms with E-state index in [9.17, 15) is 36.8 Å². The number of rotatable bonds is 6. The molecule has 0 saturated carbocycles. The predicted octanol–water partition coefficient (Wildman–Crippen LogP) is 3.17. The largest absolute Gasteiger partial charge is 0.487 e. The van der Waals surface area contributed by atoms with E-state index in [0.717, 1.165) is 63.4 Å². The third-order valence-corrected chi connectivity index (χ3v) is 14.4. The van der Waals surface area contributed by atoms with Crippen LogP contribution in [0.15, 0.2) is 36.4 Å². The molecular formula is C41H60B2F2N6O8S. The van der Waals surface area contributed by atoms with Crippen LogP contribution in [0.3, 0.4) is 0 Å². The van der Waals surface area contributed by atoms with E-state index < -0.39 is 41.6 Å². The molecular weight excluding hydrogens is 796 g/mol. The Morgan fingerprint density at radius 2 is 1.12 bits per heavy atom. The quantitative estimate of drug-likeness (QED) is 0.314. The molecule has 6 heterocycles. The topological polar surface area (TPSA) is 178 Å². The van der Waals surface area contributed by atoms with Crippen LogP contribution in [0.4, 0.5) is 8.78 Å². The minimum Gasteiger partial charge on any atom is -0.487 e. The number of benzene rings is 2. The molecule has 8 rings (SSSR count). The molecule has 6 aliphatic rings. The van der Waals surface area contributed by atoms with Gasteiger partial charge in [0, 0.05) is 93.7 Å². The molecule has 19 heteroatoms. The Bertz CT molecular complexity index is 1970. The van der Waals surface area contributed by atoms with Gasteiger partial charge >= 0.3 is 14.1 Å². The van der Waals surface area contributed by atoms with Crippen LogP contribution < -0.4 is 19.9 Å². The highest BCUT2D eigenvalue weighted by atomic mass is 32.2. The third kappa shape index (κ3) is 10.3. The molecule has 0 radical (unpaired) electrons. The lowest BCUT2D eigenvalue weighted by molar-refractivity contribution is -0.141. The maximum Gasteiger partial charge on any atom is 0.376 e. The molecule has 60 heavy (non-hydrogen) atoms. The number of hydrogen-bond donors (Lipinski definition) is 4. The Labute approximate surface area is 353 Å². The summed E-state index contributed by atoms with van der Waals surface area (Å²) < 4.78 is 66.4. The summed E-state index contributed by atoms with van der Waals surface area (Å²) in [6.07, 6.45) is 7.88. The number of nitrogens with zero attached hydrogens (tertiary/aromatic N) is 4. The van der Waals surface area contributed by atoms with Gasteiger partial charge in [-0.1, -0.05) is 0 Å². The van der Waals surface area contributed by atoms with Crippen molar-refractivity contribution >= 4 is 35.9 Å². The van der Waals surface area contributed by atoms with Crippen LogP contribution in [0.2, 0.25) is 13.6 Å². The summed E-state index contributed by atoms with van der Waals surface area (Å²) in [5.74, 6) is 0.810. The molecule has 2 unspecified atom stereocenters. The second kappa shape index (κ2) is 18.2. The normalized spacial score (nSPS) is 24.7. The van der Waals surface area contributed by atoms with Crippen molar-refractivity contribution < 1.29 is 46.3 Å². The van der Waals surface area contributed by atoms with Crippen molar-refractivity contribution in [2.24, 2.45) is 17.6 Å². The van der Waals surface area contributed by atoms with E-state index >= 15 is 0 Å². The first kappa shape index (κ1) is 44.7. The van der Waals surface area contributed by atoms with Gasteiger partial charge in [-0.15, -0.1) is 0 Å². The Morgan fingerprint density at radius 3 is 1.53 bits per heavy atom. The maximum atomic E-state index is 13.8. The van der Waals surface area contributed by atoms with Gasteiger partial charge in [0.1, 0.15) is 34.3 Å². The van der Waals surface area contributed by atoms with Crippen LogP contribution in [-0.4, -0.2) is 134 Å². The van der Waals surface area contributed by atoms with Gasteiger partial charge in [-0.2, -0.15) is 0 Å². The van der Waals surface area contributed by atoms with Crippen LogP contribution in [0.1, 0.15) is 87.4 Å². The van der Waals surface area contributed by atoms with Crippen LogP contribution in [-0.2, 0) is 19.6 Å². The molecule has 0 aliphatic carbocycles. The molecule has 6 aliphatic heterocycles. The third-order valence-electron chi connectivity index (χ3n) is 13.7. The molecule has 2 spiro atoms. The molecule has 4 saturated heterocycles. The van der Waals surface area contributed by atoms with Gasteiger partial charge in [-0.25, -0.2) is 21.9 Å². The summed E-state index contributed by atoms with van der Waals surface area (Å²) in [5.41, 5.74) is 6.59. The number of piperidine rings is 4. The van der Waals surface area contributed by atoms with E-state index in [-0.39, 0.29) is 41.1 Å². The zero-order valence-corrected chi connectivity index (χ0v) is 35.8.